The number of nitrogens with one attached hydrogen (secondary N) is 1. The van der Waals surface area contributed by atoms with Gasteiger partial charge in [-0.1, -0.05) is 18.2 Å². The molecule has 28 heavy (non-hydrogen) atoms. The minimum absolute atomic E-state index is 0.0553. The predicted molar refractivity (Wildman–Crippen MR) is 106 cm³/mol. The Bertz CT molecular complexity index is 910. The highest BCUT2D eigenvalue weighted by Gasteiger charge is 2.40. The van der Waals surface area contributed by atoms with Crippen LogP contribution in [-0.4, -0.2) is 51.3 Å². The number of benzene rings is 1. The number of anilines is 1. The van der Waals surface area contributed by atoms with Gasteiger partial charge in [-0.2, -0.15) is 0 Å². The van der Waals surface area contributed by atoms with Crippen molar-refractivity contribution in [3.8, 4) is 0 Å². The maximum absolute atomic E-state index is 12.6. The molecule has 0 radical (unpaired) electrons. The third-order valence-electron chi connectivity index (χ3n) is 5.01. The smallest absolute Gasteiger partial charge is 0.271 e. The zero-order chi connectivity index (χ0) is 19.6. The van der Waals surface area contributed by atoms with Crippen LogP contribution in [-0.2, 0) is 30.7 Å². The number of hydrogen-bond acceptors (Lipinski definition) is 6. The quantitative estimate of drug-likeness (QED) is 0.800. The minimum atomic E-state index is -3.56. The van der Waals surface area contributed by atoms with E-state index in [0.29, 0.717) is 44.8 Å². The summed E-state index contributed by atoms with van der Waals surface area (Å²) < 4.78 is 38.7. The number of hydrogen-bond donors (Lipinski definition) is 1. The van der Waals surface area contributed by atoms with E-state index in [1.165, 1.54) is 0 Å². The molecule has 9 heteroatoms. The van der Waals surface area contributed by atoms with E-state index >= 15 is 0 Å². The van der Waals surface area contributed by atoms with Gasteiger partial charge in [0, 0.05) is 31.6 Å². The molecule has 2 fully saturated rings. The van der Waals surface area contributed by atoms with Crippen LogP contribution < -0.4 is 4.72 Å². The summed E-state index contributed by atoms with van der Waals surface area (Å²) in [5, 5.41) is 1.72. The fourth-order valence-electron chi connectivity index (χ4n) is 3.48. The summed E-state index contributed by atoms with van der Waals surface area (Å²) in [5.41, 5.74) is 1.32. The van der Waals surface area contributed by atoms with Crippen molar-refractivity contribution in [2.45, 2.75) is 29.3 Å². The molecule has 1 N–H and O–H groups in total. The number of likely N-dealkylation sites (tertiary alicyclic amines) is 1. The van der Waals surface area contributed by atoms with Crippen LogP contribution in [0.4, 0.5) is 5.69 Å². The fraction of sp³-hybridized carbons (Fsp3) is 0.421. The summed E-state index contributed by atoms with van der Waals surface area (Å²) in [6.45, 7) is 2.49. The van der Waals surface area contributed by atoms with Gasteiger partial charge in [0.05, 0.1) is 19.6 Å². The van der Waals surface area contributed by atoms with Crippen molar-refractivity contribution in [2.24, 2.45) is 0 Å². The number of sulfonamides is 1. The number of rotatable bonds is 5. The van der Waals surface area contributed by atoms with Crippen molar-refractivity contribution in [3.63, 3.8) is 0 Å². The van der Waals surface area contributed by atoms with Gasteiger partial charge in [-0.05, 0) is 29.1 Å². The molecular weight excluding hydrogens is 400 g/mol. The Morgan fingerprint density at radius 1 is 1.11 bits per heavy atom. The third kappa shape index (κ3) is 4.22. The SMILES string of the molecule is O=C(Cc1ccc(NS(=O)(=O)c2cccs2)cc1)N1CCC2(CC1)OCCO2. The van der Waals surface area contributed by atoms with Crippen molar-refractivity contribution in [1.82, 2.24) is 4.90 Å². The van der Waals surface area contributed by atoms with Gasteiger partial charge in [0.25, 0.3) is 10.0 Å². The third-order valence-corrected chi connectivity index (χ3v) is 7.79. The van der Waals surface area contributed by atoms with E-state index in [4.69, 9.17) is 9.47 Å². The highest BCUT2D eigenvalue weighted by atomic mass is 32.2. The average Bonchev–Trinajstić information content (AvgIpc) is 3.37. The van der Waals surface area contributed by atoms with Crippen LogP contribution >= 0.6 is 11.3 Å². The summed E-state index contributed by atoms with van der Waals surface area (Å²) in [6.07, 6.45) is 1.68. The van der Waals surface area contributed by atoms with Crippen molar-refractivity contribution < 1.29 is 22.7 Å². The monoisotopic (exact) mass is 422 g/mol. The molecule has 0 aliphatic carbocycles. The first-order valence-corrected chi connectivity index (χ1v) is 11.5. The molecule has 1 spiro atoms. The van der Waals surface area contributed by atoms with Crippen molar-refractivity contribution in [3.05, 3.63) is 47.3 Å². The van der Waals surface area contributed by atoms with Crippen LogP contribution in [0.2, 0.25) is 0 Å². The molecule has 0 bridgehead atoms. The number of carbonyl (C=O) groups excluding carboxylic acids is 1. The molecule has 2 aromatic rings. The summed E-state index contributed by atoms with van der Waals surface area (Å²) in [7, 11) is -3.56. The molecule has 1 aromatic carbocycles. The van der Waals surface area contributed by atoms with Gasteiger partial charge in [-0.3, -0.25) is 9.52 Å². The first kappa shape index (κ1) is 19.4. The summed E-state index contributed by atoms with van der Waals surface area (Å²) in [4.78, 5) is 14.4. The number of ether oxygens (including phenoxy) is 2. The van der Waals surface area contributed by atoms with E-state index in [2.05, 4.69) is 4.72 Å². The Hall–Kier alpha value is -1.94. The highest BCUT2D eigenvalue weighted by molar-refractivity contribution is 7.94. The topological polar surface area (TPSA) is 84.9 Å². The van der Waals surface area contributed by atoms with Gasteiger partial charge in [-0.15, -0.1) is 11.3 Å². The summed E-state index contributed by atoms with van der Waals surface area (Å²) >= 11 is 1.16. The zero-order valence-electron chi connectivity index (χ0n) is 15.3. The van der Waals surface area contributed by atoms with Crippen LogP contribution in [0, 0.1) is 0 Å². The van der Waals surface area contributed by atoms with Crippen LogP contribution in [0.1, 0.15) is 18.4 Å². The first-order chi connectivity index (χ1) is 13.5. The fourth-order valence-corrected chi connectivity index (χ4v) is 5.53. The first-order valence-electron chi connectivity index (χ1n) is 9.17. The molecule has 4 rings (SSSR count). The molecule has 2 saturated heterocycles. The Morgan fingerprint density at radius 3 is 2.39 bits per heavy atom. The van der Waals surface area contributed by atoms with Crippen LogP contribution in [0.5, 0.6) is 0 Å². The number of carbonyl (C=O) groups is 1. The van der Waals surface area contributed by atoms with Gasteiger partial charge in [0.2, 0.25) is 5.91 Å². The Balaban J connectivity index is 1.32. The van der Waals surface area contributed by atoms with Crippen LogP contribution in [0.3, 0.4) is 0 Å². The summed E-state index contributed by atoms with van der Waals surface area (Å²) in [6, 6.07) is 10.2. The Kier molecular flexibility index (Phi) is 5.42. The van der Waals surface area contributed by atoms with Gasteiger partial charge in [0.1, 0.15) is 4.21 Å². The lowest BCUT2D eigenvalue weighted by atomic mass is 10.0. The van der Waals surface area contributed by atoms with Crippen molar-refractivity contribution in [1.29, 1.82) is 0 Å². The molecule has 2 aliphatic heterocycles. The molecule has 0 atom stereocenters. The van der Waals surface area contributed by atoms with E-state index in [9.17, 15) is 13.2 Å². The average molecular weight is 423 g/mol. The normalized spacial score (nSPS) is 19.1. The van der Waals surface area contributed by atoms with E-state index in [0.717, 1.165) is 16.9 Å². The predicted octanol–water partition coefficient (Wildman–Crippen LogP) is 2.46. The molecule has 2 aliphatic rings. The minimum Gasteiger partial charge on any atom is -0.347 e. The van der Waals surface area contributed by atoms with Gasteiger partial charge in [-0.25, -0.2) is 8.42 Å². The maximum Gasteiger partial charge on any atom is 0.271 e. The molecule has 1 amide bonds. The Labute approximate surface area is 168 Å². The van der Waals surface area contributed by atoms with E-state index in [1.54, 1.807) is 41.8 Å². The second-order valence-electron chi connectivity index (χ2n) is 6.90. The molecule has 7 nitrogen and oxygen atoms in total. The van der Waals surface area contributed by atoms with Crippen LogP contribution in [0.15, 0.2) is 46.0 Å². The molecule has 1 aromatic heterocycles. The van der Waals surface area contributed by atoms with E-state index < -0.39 is 15.8 Å². The van der Waals surface area contributed by atoms with Gasteiger partial charge in [0.15, 0.2) is 5.79 Å². The molecular formula is C19H22N2O5S2. The summed E-state index contributed by atoms with van der Waals surface area (Å²) in [5.74, 6) is -0.433. The van der Waals surface area contributed by atoms with E-state index in [1.807, 2.05) is 4.90 Å². The molecule has 3 heterocycles. The number of nitrogens with zero attached hydrogens (tertiary/aromatic N) is 1. The van der Waals surface area contributed by atoms with Gasteiger partial charge < -0.3 is 14.4 Å². The standard InChI is InChI=1S/C19H22N2O5S2/c22-17(21-9-7-19(8-10-21)25-11-12-26-19)14-15-3-5-16(6-4-15)20-28(23,24)18-2-1-13-27-18/h1-6,13,20H,7-12,14H2. The molecule has 150 valence electrons. The molecule has 0 unspecified atom stereocenters. The number of thiophene rings is 1. The number of piperidine rings is 1. The van der Waals surface area contributed by atoms with Crippen molar-refractivity contribution in [2.75, 3.05) is 31.0 Å². The maximum atomic E-state index is 12.6. The Morgan fingerprint density at radius 2 is 1.79 bits per heavy atom. The van der Waals surface area contributed by atoms with E-state index in [-0.39, 0.29) is 16.5 Å². The largest absolute Gasteiger partial charge is 0.347 e. The van der Waals surface area contributed by atoms with Crippen molar-refractivity contribution >= 4 is 33.0 Å². The highest BCUT2D eigenvalue weighted by Crippen LogP contribution is 2.31. The zero-order valence-corrected chi connectivity index (χ0v) is 16.9. The van der Waals surface area contributed by atoms with Crippen LogP contribution in [0.25, 0.3) is 0 Å². The second kappa shape index (κ2) is 7.82. The lowest BCUT2D eigenvalue weighted by molar-refractivity contribution is -0.187. The molecule has 0 saturated carbocycles. The lowest BCUT2D eigenvalue weighted by Crippen LogP contribution is -2.47. The van der Waals surface area contributed by atoms with Gasteiger partial charge >= 0.3 is 0 Å². The second-order valence-corrected chi connectivity index (χ2v) is 9.76. The lowest BCUT2D eigenvalue weighted by Gasteiger charge is -2.37. The number of amides is 1.